The molecule has 1 aromatic carbocycles. The fourth-order valence-electron chi connectivity index (χ4n) is 1.98. The van der Waals surface area contributed by atoms with Gasteiger partial charge in [0.15, 0.2) is 5.11 Å². The van der Waals surface area contributed by atoms with Gasteiger partial charge < -0.3 is 25.2 Å². The van der Waals surface area contributed by atoms with Crippen LogP contribution in [0.1, 0.15) is 6.42 Å². The summed E-state index contributed by atoms with van der Waals surface area (Å²) >= 11 is 5.16. The standard InChI is InChI=1S/C12H14N2O3S/c15-9-6-10(11(16)17)14(7-9)12(18)13-8-4-2-1-3-5-8/h1-5,9-10,15H,6-7H2,(H,13,18)(H,16,17)/p-1/t9-,10+/m0/s1. The van der Waals surface area contributed by atoms with Gasteiger partial charge in [0.25, 0.3) is 0 Å². The molecule has 5 nitrogen and oxygen atoms in total. The van der Waals surface area contributed by atoms with E-state index >= 15 is 0 Å². The number of carbonyl (C=O) groups is 1. The molecule has 0 spiro atoms. The van der Waals surface area contributed by atoms with E-state index in [0.717, 1.165) is 5.69 Å². The largest absolute Gasteiger partial charge is 0.548 e. The SMILES string of the molecule is O=C([O-])[C@H]1C[C@H](O)CN1C(=S)Nc1ccccc1. The Labute approximate surface area is 110 Å². The molecule has 2 N–H and O–H groups in total. The smallest absolute Gasteiger partial charge is 0.174 e. The third-order valence-corrected chi connectivity index (χ3v) is 3.17. The summed E-state index contributed by atoms with van der Waals surface area (Å²) in [6.07, 6.45) is -0.553. The second kappa shape index (κ2) is 5.32. The molecular formula is C12H13N2O3S-. The Kier molecular flexibility index (Phi) is 3.78. The van der Waals surface area contributed by atoms with E-state index in [0.29, 0.717) is 0 Å². The molecule has 18 heavy (non-hydrogen) atoms. The van der Waals surface area contributed by atoms with Crippen LogP contribution in [0.5, 0.6) is 0 Å². The van der Waals surface area contributed by atoms with E-state index in [-0.39, 0.29) is 18.1 Å². The molecule has 0 unspecified atom stereocenters. The van der Waals surface area contributed by atoms with Crippen LogP contribution in [0.2, 0.25) is 0 Å². The Hall–Kier alpha value is -1.66. The van der Waals surface area contributed by atoms with E-state index in [1.165, 1.54) is 4.90 Å². The monoisotopic (exact) mass is 265 g/mol. The number of β-amino-alcohol motifs (C(OH)–C–C–N with tert-alkyl or cyclic N) is 1. The summed E-state index contributed by atoms with van der Waals surface area (Å²) in [4.78, 5) is 12.4. The van der Waals surface area contributed by atoms with Gasteiger partial charge in [0.05, 0.1) is 18.1 Å². The second-order valence-corrected chi connectivity index (χ2v) is 4.56. The zero-order valence-electron chi connectivity index (χ0n) is 9.57. The third kappa shape index (κ3) is 2.77. The molecule has 96 valence electrons. The molecule has 1 aliphatic heterocycles. The van der Waals surface area contributed by atoms with E-state index in [9.17, 15) is 15.0 Å². The summed E-state index contributed by atoms with van der Waals surface area (Å²) in [6, 6.07) is 8.35. The number of carboxylic acids is 1. The van der Waals surface area contributed by atoms with Crippen LogP contribution in [0.4, 0.5) is 5.69 Å². The summed E-state index contributed by atoms with van der Waals surface area (Å²) in [5, 5.41) is 23.7. The van der Waals surface area contributed by atoms with E-state index in [1.807, 2.05) is 30.3 Å². The molecule has 0 aromatic heterocycles. The molecule has 1 heterocycles. The molecule has 0 radical (unpaired) electrons. The predicted octanol–water partition coefficient (Wildman–Crippen LogP) is -0.431. The fraction of sp³-hybridized carbons (Fsp3) is 0.333. The minimum Gasteiger partial charge on any atom is -0.548 e. The summed E-state index contributed by atoms with van der Waals surface area (Å²) in [7, 11) is 0. The highest BCUT2D eigenvalue weighted by molar-refractivity contribution is 7.80. The lowest BCUT2D eigenvalue weighted by atomic mass is 10.2. The molecular weight excluding hydrogens is 252 g/mol. The highest BCUT2D eigenvalue weighted by Crippen LogP contribution is 2.19. The summed E-state index contributed by atoms with van der Waals surface area (Å²) in [6.45, 7) is 0.206. The van der Waals surface area contributed by atoms with Gasteiger partial charge >= 0.3 is 0 Å². The number of benzene rings is 1. The molecule has 6 heteroatoms. The summed E-state index contributed by atoms with van der Waals surface area (Å²) in [5.74, 6) is -1.22. The topological polar surface area (TPSA) is 75.6 Å². The normalized spacial score (nSPS) is 22.8. The fourth-order valence-corrected chi connectivity index (χ4v) is 2.30. The number of thiocarbonyl (C=S) groups is 1. The number of anilines is 1. The van der Waals surface area contributed by atoms with Crippen LogP contribution in [-0.4, -0.2) is 39.8 Å². The third-order valence-electron chi connectivity index (χ3n) is 2.84. The number of carboxylic acid groups (broad SMARTS) is 1. The van der Waals surface area contributed by atoms with Crippen molar-refractivity contribution in [2.24, 2.45) is 0 Å². The van der Waals surface area contributed by atoms with Crippen LogP contribution in [0.25, 0.3) is 0 Å². The van der Waals surface area contributed by atoms with Crippen LogP contribution in [0, 0.1) is 0 Å². The average Bonchev–Trinajstić information content (AvgIpc) is 2.73. The first-order valence-electron chi connectivity index (χ1n) is 5.59. The maximum atomic E-state index is 11.0. The molecule has 1 fully saturated rings. The van der Waals surface area contributed by atoms with Crippen molar-refractivity contribution in [2.45, 2.75) is 18.6 Å². The van der Waals surface area contributed by atoms with Crippen LogP contribution in [0.3, 0.4) is 0 Å². The van der Waals surface area contributed by atoms with Gasteiger partial charge in [-0.05, 0) is 24.4 Å². The molecule has 2 atom stereocenters. The Morgan fingerprint density at radius 3 is 2.72 bits per heavy atom. The number of aliphatic hydroxyl groups excluding tert-OH is 1. The molecule has 0 saturated carbocycles. The van der Waals surface area contributed by atoms with Gasteiger partial charge in [-0.3, -0.25) is 0 Å². The maximum absolute atomic E-state index is 11.0. The maximum Gasteiger partial charge on any atom is 0.174 e. The Bertz CT molecular complexity index is 452. The first-order chi connectivity index (χ1) is 8.58. The minimum atomic E-state index is -1.22. The number of likely N-dealkylation sites (tertiary alicyclic amines) is 1. The number of para-hydroxylation sites is 1. The first kappa shape index (κ1) is 12.8. The van der Waals surface area contributed by atoms with Crippen molar-refractivity contribution in [2.75, 3.05) is 11.9 Å². The lowest BCUT2D eigenvalue weighted by molar-refractivity contribution is -0.310. The highest BCUT2D eigenvalue weighted by Gasteiger charge is 2.33. The number of nitrogens with zero attached hydrogens (tertiary/aromatic N) is 1. The van der Waals surface area contributed by atoms with Crippen molar-refractivity contribution in [3.05, 3.63) is 30.3 Å². The number of aliphatic hydroxyl groups is 1. The van der Waals surface area contributed by atoms with Gasteiger partial charge in [0.1, 0.15) is 0 Å². The van der Waals surface area contributed by atoms with Crippen molar-refractivity contribution < 1.29 is 15.0 Å². The van der Waals surface area contributed by atoms with Gasteiger partial charge in [-0.1, -0.05) is 18.2 Å². The van der Waals surface area contributed by atoms with E-state index in [2.05, 4.69) is 5.32 Å². The Morgan fingerprint density at radius 1 is 1.44 bits per heavy atom. The van der Waals surface area contributed by atoms with Gasteiger partial charge in [0.2, 0.25) is 0 Å². The lowest BCUT2D eigenvalue weighted by Crippen LogP contribution is -2.48. The van der Waals surface area contributed by atoms with Gasteiger partial charge in [-0.15, -0.1) is 0 Å². The second-order valence-electron chi connectivity index (χ2n) is 4.17. The number of hydrogen-bond donors (Lipinski definition) is 2. The van der Waals surface area contributed by atoms with Crippen molar-refractivity contribution in [3.8, 4) is 0 Å². The van der Waals surface area contributed by atoms with Crippen LogP contribution in [0.15, 0.2) is 30.3 Å². The number of carbonyl (C=O) groups excluding carboxylic acids is 1. The molecule has 0 amide bonds. The zero-order valence-corrected chi connectivity index (χ0v) is 10.4. The first-order valence-corrected chi connectivity index (χ1v) is 6.00. The van der Waals surface area contributed by atoms with Crippen molar-refractivity contribution in [1.29, 1.82) is 0 Å². The van der Waals surface area contributed by atoms with Crippen molar-refractivity contribution >= 4 is 29.0 Å². The highest BCUT2D eigenvalue weighted by atomic mass is 32.1. The number of hydrogen-bond acceptors (Lipinski definition) is 4. The van der Waals surface area contributed by atoms with Gasteiger partial charge in [-0.2, -0.15) is 0 Å². The molecule has 2 rings (SSSR count). The predicted molar refractivity (Wildman–Crippen MR) is 68.8 cm³/mol. The number of aliphatic carboxylic acids is 1. The van der Waals surface area contributed by atoms with E-state index < -0.39 is 18.1 Å². The molecule has 0 aliphatic carbocycles. The van der Waals surface area contributed by atoms with Gasteiger partial charge in [-0.25, -0.2) is 0 Å². The summed E-state index contributed by atoms with van der Waals surface area (Å²) in [5.41, 5.74) is 0.779. The minimum absolute atomic E-state index is 0.138. The molecule has 0 bridgehead atoms. The average molecular weight is 265 g/mol. The van der Waals surface area contributed by atoms with Crippen molar-refractivity contribution in [3.63, 3.8) is 0 Å². The number of nitrogens with one attached hydrogen (secondary N) is 1. The molecule has 1 aromatic rings. The Balaban J connectivity index is 2.06. The molecule has 1 saturated heterocycles. The van der Waals surface area contributed by atoms with E-state index in [1.54, 1.807) is 0 Å². The Morgan fingerprint density at radius 2 is 2.11 bits per heavy atom. The lowest BCUT2D eigenvalue weighted by Gasteiger charge is -2.27. The number of rotatable bonds is 2. The molecule has 1 aliphatic rings. The van der Waals surface area contributed by atoms with Crippen LogP contribution in [-0.2, 0) is 4.79 Å². The summed E-state index contributed by atoms with van der Waals surface area (Å²) < 4.78 is 0. The van der Waals surface area contributed by atoms with Crippen LogP contribution >= 0.6 is 12.2 Å². The quantitative estimate of drug-likeness (QED) is 0.707. The van der Waals surface area contributed by atoms with Gasteiger partial charge in [0, 0.05) is 18.7 Å². The zero-order chi connectivity index (χ0) is 13.1. The van der Waals surface area contributed by atoms with Crippen molar-refractivity contribution in [1.82, 2.24) is 4.90 Å². The van der Waals surface area contributed by atoms with Crippen LogP contribution < -0.4 is 10.4 Å². The van der Waals surface area contributed by atoms with E-state index in [4.69, 9.17) is 12.2 Å².